The quantitative estimate of drug-likeness (QED) is 0.409. The second-order valence-corrected chi connectivity index (χ2v) is 7.29. The Morgan fingerprint density at radius 3 is 2.55 bits per heavy atom. The van der Waals surface area contributed by atoms with Gasteiger partial charge in [0.2, 0.25) is 0 Å². The summed E-state index contributed by atoms with van der Waals surface area (Å²) in [7, 11) is 0. The molecule has 0 aromatic heterocycles. The van der Waals surface area contributed by atoms with Gasteiger partial charge in [-0.15, -0.1) is 0 Å². The van der Waals surface area contributed by atoms with Crippen LogP contribution in [0.25, 0.3) is 11.1 Å². The van der Waals surface area contributed by atoms with Crippen molar-refractivity contribution in [2.45, 2.75) is 32.3 Å². The molecule has 0 bridgehead atoms. The van der Waals surface area contributed by atoms with Gasteiger partial charge in [0.15, 0.2) is 5.78 Å². The lowest BCUT2D eigenvalue weighted by Gasteiger charge is -2.13. The third kappa shape index (κ3) is 5.48. The number of benzene rings is 2. The highest BCUT2D eigenvalue weighted by Gasteiger charge is 2.19. The summed E-state index contributed by atoms with van der Waals surface area (Å²) < 4.78 is 5.56. The second kappa shape index (κ2) is 10.4. The van der Waals surface area contributed by atoms with Crippen molar-refractivity contribution >= 4 is 11.8 Å². The molecule has 0 saturated heterocycles. The minimum Gasteiger partial charge on any atom is -0.493 e. The maximum Gasteiger partial charge on any atom is 0.335 e. The molecule has 1 atom stereocenters. The summed E-state index contributed by atoms with van der Waals surface area (Å²) in [5.41, 5.74) is 3.84. The Labute approximate surface area is 182 Å². The van der Waals surface area contributed by atoms with E-state index in [2.05, 4.69) is 6.58 Å². The molecular weight excluding hydrogens is 388 g/mol. The summed E-state index contributed by atoms with van der Waals surface area (Å²) in [6, 6.07) is 14.8. The van der Waals surface area contributed by atoms with Gasteiger partial charge in [-0.1, -0.05) is 62.1 Å². The van der Waals surface area contributed by atoms with Gasteiger partial charge >= 0.3 is 5.97 Å². The van der Waals surface area contributed by atoms with Crippen molar-refractivity contribution < 1.29 is 19.4 Å². The molecule has 0 amide bonds. The molecule has 4 nitrogen and oxygen atoms in total. The van der Waals surface area contributed by atoms with Crippen LogP contribution in [0.4, 0.5) is 0 Å². The van der Waals surface area contributed by atoms with E-state index in [-0.39, 0.29) is 23.9 Å². The van der Waals surface area contributed by atoms with Gasteiger partial charge in [-0.3, -0.25) is 4.79 Å². The highest BCUT2D eigenvalue weighted by molar-refractivity contribution is 6.01. The van der Waals surface area contributed by atoms with Crippen LogP contribution >= 0.6 is 0 Å². The fourth-order valence-corrected chi connectivity index (χ4v) is 3.57. The molecule has 158 valence electrons. The van der Waals surface area contributed by atoms with E-state index < -0.39 is 5.97 Å². The number of carbonyl (C=O) groups excluding carboxylic acids is 1. The predicted octanol–water partition coefficient (Wildman–Crippen LogP) is 5.91. The molecule has 0 fully saturated rings. The highest BCUT2D eigenvalue weighted by Crippen LogP contribution is 2.25. The Kier molecular flexibility index (Phi) is 7.39. The molecule has 3 rings (SSSR count). The number of Topliss-reactive ketones (excluding diaryl/α,β-unsaturated/α-hetero) is 1. The molecule has 1 N–H and O–H groups in total. The van der Waals surface area contributed by atoms with E-state index in [4.69, 9.17) is 4.74 Å². The molecular formula is C27H26O4. The zero-order valence-electron chi connectivity index (χ0n) is 17.6. The van der Waals surface area contributed by atoms with Gasteiger partial charge in [-0.25, -0.2) is 4.79 Å². The van der Waals surface area contributed by atoms with Gasteiger partial charge in [0.1, 0.15) is 6.10 Å². The monoisotopic (exact) mass is 414 g/mol. The third-order valence-corrected chi connectivity index (χ3v) is 5.16. The summed E-state index contributed by atoms with van der Waals surface area (Å²) in [6.07, 6.45) is 10.2. The zero-order chi connectivity index (χ0) is 22.2. The van der Waals surface area contributed by atoms with E-state index in [1.165, 1.54) is 0 Å². The number of hydrogen-bond acceptors (Lipinski definition) is 3. The number of hydrogen-bond donors (Lipinski definition) is 1. The molecule has 0 aliphatic carbocycles. The number of ketones is 1. The molecule has 0 saturated carbocycles. The Balaban J connectivity index is 1.93. The van der Waals surface area contributed by atoms with Crippen molar-refractivity contribution in [3.8, 4) is 11.1 Å². The van der Waals surface area contributed by atoms with E-state index in [0.29, 0.717) is 17.6 Å². The lowest BCUT2D eigenvalue weighted by atomic mass is 9.93. The van der Waals surface area contributed by atoms with Gasteiger partial charge in [-0.05, 0) is 53.0 Å². The smallest absolute Gasteiger partial charge is 0.335 e. The van der Waals surface area contributed by atoms with Crippen LogP contribution in [0.2, 0.25) is 0 Å². The molecule has 1 aliphatic heterocycles. The number of rotatable bonds is 9. The van der Waals surface area contributed by atoms with Gasteiger partial charge < -0.3 is 9.84 Å². The van der Waals surface area contributed by atoms with Crippen molar-refractivity contribution in [3.05, 3.63) is 108 Å². The molecule has 2 aromatic carbocycles. The Hall–Kier alpha value is -3.66. The summed E-state index contributed by atoms with van der Waals surface area (Å²) in [5.74, 6) is -1.18. The predicted molar refractivity (Wildman–Crippen MR) is 123 cm³/mol. The van der Waals surface area contributed by atoms with Crippen molar-refractivity contribution in [1.82, 2.24) is 0 Å². The standard InChI is InChI=1S/C27H26O4/c1-3-9-22(16-19(4-2)26-12-8-15-31-26)25(28)18-23-17-21(13-14-24(23)27(29)30)20-10-6-5-7-11-20/h4-11,13-17,26H,2-3,12,18H2,1H3,(H,29,30)/b19-16+,22-9+. The van der Waals surface area contributed by atoms with E-state index in [9.17, 15) is 14.7 Å². The van der Waals surface area contributed by atoms with Crippen molar-refractivity contribution in [1.29, 1.82) is 0 Å². The van der Waals surface area contributed by atoms with Crippen LogP contribution < -0.4 is 0 Å². The van der Waals surface area contributed by atoms with E-state index in [1.807, 2.05) is 49.4 Å². The van der Waals surface area contributed by atoms with E-state index in [0.717, 1.165) is 23.1 Å². The minimum atomic E-state index is -1.05. The van der Waals surface area contributed by atoms with Gasteiger partial charge in [-0.2, -0.15) is 0 Å². The van der Waals surface area contributed by atoms with Crippen molar-refractivity contribution in [3.63, 3.8) is 0 Å². The first-order valence-electron chi connectivity index (χ1n) is 10.3. The minimum absolute atomic E-state index is 0.00115. The maximum absolute atomic E-state index is 13.2. The lowest BCUT2D eigenvalue weighted by Crippen LogP contribution is -2.12. The maximum atomic E-state index is 13.2. The normalized spacial score (nSPS) is 16.1. The molecule has 1 heterocycles. The van der Waals surface area contributed by atoms with Crippen LogP contribution in [0.1, 0.15) is 35.7 Å². The second-order valence-electron chi connectivity index (χ2n) is 7.29. The van der Waals surface area contributed by atoms with Crippen molar-refractivity contribution in [2.24, 2.45) is 0 Å². The summed E-state index contributed by atoms with van der Waals surface area (Å²) in [6.45, 7) is 5.81. The van der Waals surface area contributed by atoms with Crippen LogP contribution in [-0.4, -0.2) is 23.0 Å². The Morgan fingerprint density at radius 1 is 1.16 bits per heavy atom. The molecule has 31 heavy (non-hydrogen) atoms. The number of aromatic carboxylic acids is 1. The van der Waals surface area contributed by atoms with Crippen molar-refractivity contribution in [2.75, 3.05) is 0 Å². The number of carboxylic acids is 1. The molecule has 0 spiro atoms. The van der Waals surface area contributed by atoms with Crippen LogP contribution in [-0.2, 0) is 16.0 Å². The fraction of sp³-hybridized carbons (Fsp3) is 0.185. The largest absolute Gasteiger partial charge is 0.493 e. The first-order valence-corrected chi connectivity index (χ1v) is 10.3. The molecule has 1 aliphatic rings. The van der Waals surface area contributed by atoms with E-state index in [1.54, 1.807) is 36.6 Å². The number of allylic oxidation sites excluding steroid dienone is 3. The SMILES string of the molecule is C=C/C(=C\C(=C/CC)C(=O)Cc1cc(-c2ccccc2)ccc1C(=O)O)C1CC=CO1. The fourth-order valence-electron chi connectivity index (χ4n) is 3.57. The average Bonchev–Trinajstić information content (AvgIpc) is 3.31. The number of carboxylic acid groups (broad SMARTS) is 1. The zero-order valence-corrected chi connectivity index (χ0v) is 17.6. The molecule has 0 radical (unpaired) electrons. The van der Waals surface area contributed by atoms with Gasteiger partial charge in [0.05, 0.1) is 11.8 Å². The van der Waals surface area contributed by atoms with Gasteiger partial charge in [0.25, 0.3) is 0 Å². The van der Waals surface area contributed by atoms with Crippen LogP contribution in [0.3, 0.4) is 0 Å². The van der Waals surface area contributed by atoms with Crippen LogP contribution in [0.5, 0.6) is 0 Å². The molecule has 4 heteroatoms. The number of carbonyl (C=O) groups is 2. The van der Waals surface area contributed by atoms with Crippen LogP contribution in [0.15, 0.2) is 96.8 Å². The highest BCUT2D eigenvalue weighted by atomic mass is 16.5. The third-order valence-electron chi connectivity index (χ3n) is 5.16. The average molecular weight is 415 g/mol. The topological polar surface area (TPSA) is 63.6 Å². The summed E-state index contributed by atoms with van der Waals surface area (Å²) >= 11 is 0. The first kappa shape index (κ1) is 22.0. The Morgan fingerprint density at radius 2 is 1.94 bits per heavy atom. The van der Waals surface area contributed by atoms with E-state index >= 15 is 0 Å². The summed E-state index contributed by atoms with van der Waals surface area (Å²) in [5, 5.41) is 9.63. The lowest BCUT2D eigenvalue weighted by molar-refractivity contribution is -0.114. The van der Waals surface area contributed by atoms with Crippen LogP contribution in [0, 0.1) is 0 Å². The first-order chi connectivity index (χ1) is 15.0. The molecule has 2 aromatic rings. The Bertz CT molecular complexity index is 1050. The van der Waals surface area contributed by atoms with Gasteiger partial charge in [0, 0.05) is 18.4 Å². The number of ether oxygens (including phenoxy) is 1. The molecule has 1 unspecified atom stereocenters. The summed E-state index contributed by atoms with van der Waals surface area (Å²) in [4.78, 5) is 25.0.